The van der Waals surface area contributed by atoms with Crippen LogP contribution in [-0.4, -0.2) is 19.5 Å². The normalized spacial score (nSPS) is 11.8. The first-order valence-electron chi connectivity index (χ1n) is 19.5. The summed E-state index contributed by atoms with van der Waals surface area (Å²) in [5.74, 6) is 1.70. The topological polar surface area (TPSA) is 56.7 Å². The third-order valence-electron chi connectivity index (χ3n) is 11.4. The Morgan fingerprint density at radius 1 is 0.328 bits per heavy atom. The molecule has 0 aliphatic carbocycles. The van der Waals surface area contributed by atoms with E-state index in [2.05, 4.69) is 174 Å². The standard InChI is InChI=1S/C53H32N4O/c1-3-14-33(15-4-1)36-21-13-22-39(30-36)52-54-51(35-17-5-2-6-18-35)55-53(56-52)48-46(29-28-43-42-27-26-34-16-9-10-23-40(34)49(42)58-50(43)48)57-45-25-12-11-24-41(45)44-31-37-19-7-8-20-38(37)32-47(44)57/h1-32H. The van der Waals surface area contributed by atoms with E-state index < -0.39 is 0 Å². The van der Waals surface area contributed by atoms with Crippen LogP contribution in [0.2, 0.25) is 0 Å². The van der Waals surface area contributed by atoms with Crippen LogP contribution in [0.3, 0.4) is 0 Å². The van der Waals surface area contributed by atoms with E-state index in [4.69, 9.17) is 19.4 Å². The third-order valence-corrected chi connectivity index (χ3v) is 11.4. The second kappa shape index (κ2) is 12.8. The molecule has 0 atom stereocenters. The number of hydrogen-bond donors (Lipinski definition) is 0. The highest BCUT2D eigenvalue weighted by molar-refractivity contribution is 6.19. The van der Waals surface area contributed by atoms with Gasteiger partial charge in [0.15, 0.2) is 17.5 Å². The van der Waals surface area contributed by atoms with Crippen molar-refractivity contribution in [3.8, 4) is 51.0 Å². The highest BCUT2D eigenvalue weighted by atomic mass is 16.3. The number of nitrogens with zero attached hydrogens (tertiary/aromatic N) is 4. The molecule has 0 saturated heterocycles. The van der Waals surface area contributed by atoms with E-state index in [1.165, 1.54) is 21.5 Å². The van der Waals surface area contributed by atoms with Crippen molar-refractivity contribution >= 4 is 65.3 Å². The van der Waals surface area contributed by atoms with Gasteiger partial charge in [0.1, 0.15) is 11.2 Å². The van der Waals surface area contributed by atoms with Gasteiger partial charge in [0.25, 0.3) is 0 Å². The molecule has 270 valence electrons. The number of para-hydroxylation sites is 1. The molecule has 9 aromatic carbocycles. The summed E-state index contributed by atoms with van der Waals surface area (Å²) >= 11 is 0. The minimum absolute atomic E-state index is 0.532. The quantitative estimate of drug-likeness (QED) is 0.176. The molecule has 12 aromatic rings. The van der Waals surface area contributed by atoms with Gasteiger partial charge in [-0.3, -0.25) is 0 Å². The van der Waals surface area contributed by atoms with Crippen molar-refractivity contribution in [2.75, 3.05) is 0 Å². The summed E-state index contributed by atoms with van der Waals surface area (Å²) in [5, 5.41) is 8.94. The van der Waals surface area contributed by atoms with Crippen molar-refractivity contribution in [2.45, 2.75) is 0 Å². The van der Waals surface area contributed by atoms with E-state index in [9.17, 15) is 0 Å². The Balaban J connectivity index is 1.22. The average molecular weight is 741 g/mol. The van der Waals surface area contributed by atoms with Gasteiger partial charge in [0, 0.05) is 38.1 Å². The van der Waals surface area contributed by atoms with Crippen LogP contribution < -0.4 is 0 Å². The molecule has 0 fully saturated rings. The van der Waals surface area contributed by atoms with E-state index in [1.807, 2.05) is 24.3 Å². The maximum absolute atomic E-state index is 7.14. The van der Waals surface area contributed by atoms with Crippen LogP contribution in [0.5, 0.6) is 0 Å². The van der Waals surface area contributed by atoms with Crippen LogP contribution in [0.1, 0.15) is 0 Å². The first kappa shape index (κ1) is 32.4. The Bertz CT molecular complexity index is 3570. The molecular formula is C53H32N4O. The molecule has 0 amide bonds. The van der Waals surface area contributed by atoms with E-state index >= 15 is 0 Å². The zero-order chi connectivity index (χ0) is 38.2. The Kier molecular flexibility index (Phi) is 7.16. The first-order chi connectivity index (χ1) is 28.7. The third kappa shape index (κ3) is 5.07. The number of aromatic nitrogens is 4. The van der Waals surface area contributed by atoms with Crippen LogP contribution in [0, 0.1) is 0 Å². The molecule has 0 unspecified atom stereocenters. The summed E-state index contributed by atoms with van der Waals surface area (Å²) in [6.45, 7) is 0. The Labute approximate surface area is 333 Å². The highest BCUT2D eigenvalue weighted by Gasteiger charge is 2.25. The van der Waals surface area contributed by atoms with E-state index in [-0.39, 0.29) is 0 Å². The van der Waals surface area contributed by atoms with Gasteiger partial charge < -0.3 is 8.98 Å². The number of furan rings is 1. The monoisotopic (exact) mass is 740 g/mol. The minimum atomic E-state index is 0.532. The van der Waals surface area contributed by atoms with Gasteiger partial charge in [-0.15, -0.1) is 0 Å². The van der Waals surface area contributed by atoms with Crippen molar-refractivity contribution in [2.24, 2.45) is 0 Å². The lowest BCUT2D eigenvalue weighted by atomic mass is 10.0. The lowest BCUT2D eigenvalue weighted by Crippen LogP contribution is -2.04. The fourth-order valence-electron chi connectivity index (χ4n) is 8.68. The Hall–Kier alpha value is -7.89. The molecule has 58 heavy (non-hydrogen) atoms. The molecule has 3 heterocycles. The predicted octanol–water partition coefficient (Wildman–Crippen LogP) is 13.8. The average Bonchev–Trinajstić information content (AvgIpc) is 3.84. The van der Waals surface area contributed by atoms with Gasteiger partial charge in [0.2, 0.25) is 0 Å². The van der Waals surface area contributed by atoms with E-state index in [0.29, 0.717) is 17.5 Å². The van der Waals surface area contributed by atoms with Crippen molar-refractivity contribution in [1.82, 2.24) is 19.5 Å². The fourth-order valence-corrected chi connectivity index (χ4v) is 8.68. The molecule has 0 aliphatic rings. The van der Waals surface area contributed by atoms with Crippen LogP contribution in [-0.2, 0) is 0 Å². The fraction of sp³-hybridized carbons (Fsp3) is 0. The zero-order valence-electron chi connectivity index (χ0n) is 31.2. The van der Waals surface area contributed by atoms with Gasteiger partial charge in [-0.1, -0.05) is 152 Å². The van der Waals surface area contributed by atoms with Crippen molar-refractivity contribution in [3.63, 3.8) is 0 Å². The van der Waals surface area contributed by atoms with Gasteiger partial charge in [-0.2, -0.15) is 0 Å². The molecular weight excluding hydrogens is 709 g/mol. The zero-order valence-corrected chi connectivity index (χ0v) is 31.2. The number of rotatable bonds is 5. The molecule has 0 spiro atoms. The molecule has 3 aromatic heterocycles. The molecule has 5 heteroatoms. The molecule has 0 aliphatic heterocycles. The number of benzene rings is 9. The summed E-state index contributed by atoms with van der Waals surface area (Å²) in [5.41, 5.74) is 9.48. The van der Waals surface area contributed by atoms with Crippen molar-refractivity contribution in [1.29, 1.82) is 0 Å². The van der Waals surface area contributed by atoms with Crippen LogP contribution >= 0.6 is 0 Å². The van der Waals surface area contributed by atoms with Crippen LogP contribution in [0.4, 0.5) is 0 Å². The Morgan fingerprint density at radius 3 is 1.72 bits per heavy atom. The summed E-state index contributed by atoms with van der Waals surface area (Å²) in [6.07, 6.45) is 0. The molecule has 5 nitrogen and oxygen atoms in total. The summed E-state index contributed by atoms with van der Waals surface area (Å²) < 4.78 is 9.50. The molecule has 0 N–H and O–H groups in total. The lowest BCUT2D eigenvalue weighted by Gasteiger charge is -2.15. The van der Waals surface area contributed by atoms with Crippen molar-refractivity contribution < 1.29 is 4.42 Å². The second-order valence-corrected chi connectivity index (χ2v) is 14.8. The maximum Gasteiger partial charge on any atom is 0.170 e. The summed E-state index contributed by atoms with van der Waals surface area (Å²) in [6, 6.07) is 68.0. The minimum Gasteiger partial charge on any atom is -0.455 e. The molecule has 0 saturated carbocycles. The van der Waals surface area contributed by atoms with E-state index in [0.717, 1.165) is 77.2 Å². The van der Waals surface area contributed by atoms with Gasteiger partial charge in [-0.25, -0.2) is 15.0 Å². The predicted molar refractivity (Wildman–Crippen MR) is 238 cm³/mol. The summed E-state index contributed by atoms with van der Waals surface area (Å²) in [7, 11) is 0. The van der Waals surface area contributed by atoms with Gasteiger partial charge >= 0.3 is 0 Å². The number of fused-ring (bicyclic) bond motifs is 9. The molecule has 0 bridgehead atoms. The van der Waals surface area contributed by atoms with Crippen LogP contribution in [0.25, 0.3) is 116 Å². The Morgan fingerprint density at radius 2 is 0.914 bits per heavy atom. The smallest absolute Gasteiger partial charge is 0.170 e. The highest BCUT2D eigenvalue weighted by Crippen LogP contribution is 2.44. The molecule has 0 radical (unpaired) electrons. The van der Waals surface area contributed by atoms with Crippen molar-refractivity contribution in [3.05, 3.63) is 194 Å². The lowest BCUT2D eigenvalue weighted by molar-refractivity contribution is 0.673. The van der Waals surface area contributed by atoms with Crippen LogP contribution in [0.15, 0.2) is 199 Å². The van der Waals surface area contributed by atoms with Gasteiger partial charge in [0.05, 0.1) is 22.3 Å². The van der Waals surface area contributed by atoms with E-state index in [1.54, 1.807) is 0 Å². The summed E-state index contributed by atoms with van der Waals surface area (Å²) in [4.78, 5) is 15.9. The SMILES string of the molecule is c1ccc(-c2cccc(-c3nc(-c4ccccc4)nc(-c4c(-n5c6ccccc6c6cc7ccccc7cc65)ccc5c4oc4c6ccccc6ccc54)n3)c2)cc1. The van der Waals surface area contributed by atoms with Gasteiger partial charge in [-0.05, 0) is 69.8 Å². The number of hydrogen-bond acceptors (Lipinski definition) is 4. The maximum atomic E-state index is 7.14. The molecule has 12 rings (SSSR count). The first-order valence-corrected chi connectivity index (χ1v) is 19.5. The largest absolute Gasteiger partial charge is 0.455 e. The second-order valence-electron chi connectivity index (χ2n) is 14.8.